The summed E-state index contributed by atoms with van der Waals surface area (Å²) >= 11 is 3.53. The molecule has 56 valence electrons. The molecule has 2 nitrogen and oxygen atoms in total. The molecule has 0 fully saturated rings. The Labute approximate surface area is 66.7 Å². The monoisotopic (exact) mass is 157 g/mol. The molecular formula is C7H11NOS. The molecule has 0 N–H and O–H groups in total. The Hall–Kier alpha value is -0.700. The summed E-state index contributed by atoms with van der Waals surface area (Å²) in [6.07, 6.45) is 5.07. The average molecular weight is 157 g/mol. The highest BCUT2D eigenvalue weighted by atomic mass is 32.1. The normalized spacial score (nSPS) is 7.50. The predicted octanol–water partition coefficient (Wildman–Crippen LogP) is 1.64. The van der Waals surface area contributed by atoms with E-state index in [4.69, 9.17) is 4.74 Å². The van der Waals surface area contributed by atoms with Gasteiger partial charge in [-0.15, -0.1) is 0 Å². The van der Waals surface area contributed by atoms with E-state index in [1.807, 2.05) is 12.1 Å². The fraction of sp³-hybridized carbons (Fsp3) is 0.286. The summed E-state index contributed by atoms with van der Waals surface area (Å²) in [5.74, 6) is 0.799. The number of aromatic nitrogens is 1. The lowest BCUT2D eigenvalue weighted by Gasteiger charge is -1.93. The molecule has 1 rings (SSSR count). The number of thiol groups is 1. The van der Waals surface area contributed by atoms with Crippen molar-refractivity contribution in [2.24, 2.45) is 0 Å². The van der Waals surface area contributed by atoms with E-state index in [1.54, 1.807) is 25.8 Å². The van der Waals surface area contributed by atoms with Crippen LogP contribution in [0.5, 0.6) is 5.75 Å². The second kappa shape index (κ2) is 6.42. The summed E-state index contributed by atoms with van der Waals surface area (Å²) in [7, 11) is 1.62. The van der Waals surface area contributed by atoms with Gasteiger partial charge in [0.05, 0.1) is 13.3 Å². The van der Waals surface area contributed by atoms with Crippen molar-refractivity contribution in [1.29, 1.82) is 0 Å². The van der Waals surface area contributed by atoms with Crippen molar-refractivity contribution >= 4 is 12.6 Å². The van der Waals surface area contributed by atoms with Gasteiger partial charge in [-0.25, -0.2) is 0 Å². The molecule has 0 aliphatic carbocycles. The summed E-state index contributed by atoms with van der Waals surface area (Å²) in [6, 6.07) is 3.69. The molecule has 0 spiro atoms. The summed E-state index contributed by atoms with van der Waals surface area (Å²) in [6.45, 7) is 0. The Balaban J connectivity index is 0.000000371. The van der Waals surface area contributed by atoms with Crippen molar-refractivity contribution in [2.75, 3.05) is 13.4 Å². The highest BCUT2D eigenvalue weighted by Gasteiger charge is 1.81. The van der Waals surface area contributed by atoms with Crippen molar-refractivity contribution in [1.82, 2.24) is 4.98 Å². The third-order valence-corrected chi connectivity index (χ3v) is 0.870. The summed E-state index contributed by atoms with van der Waals surface area (Å²) in [4.78, 5) is 3.83. The van der Waals surface area contributed by atoms with E-state index in [0.29, 0.717) is 0 Å². The van der Waals surface area contributed by atoms with Crippen LogP contribution in [0.25, 0.3) is 0 Å². The summed E-state index contributed by atoms with van der Waals surface area (Å²) in [5, 5.41) is 0. The van der Waals surface area contributed by atoms with E-state index in [1.165, 1.54) is 0 Å². The molecule has 0 saturated heterocycles. The van der Waals surface area contributed by atoms with Crippen LogP contribution in [0.4, 0.5) is 0 Å². The number of nitrogens with zero attached hydrogens (tertiary/aromatic N) is 1. The van der Waals surface area contributed by atoms with Gasteiger partial charge in [0.25, 0.3) is 0 Å². The smallest absolute Gasteiger partial charge is 0.137 e. The topological polar surface area (TPSA) is 22.1 Å². The minimum atomic E-state index is 0.799. The van der Waals surface area contributed by atoms with Gasteiger partial charge in [-0.05, 0) is 18.4 Å². The molecule has 10 heavy (non-hydrogen) atoms. The molecule has 0 radical (unpaired) electrons. The van der Waals surface area contributed by atoms with Crippen LogP contribution in [-0.4, -0.2) is 18.3 Å². The molecule has 1 heterocycles. The Morgan fingerprint density at radius 3 is 2.50 bits per heavy atom. The van der Waals surface area contributed by atoms with Crippen molar-refractivity contribution in [3.8, 4) is 5.75 Å². The maximum atomic E-state index is 4.85. The van der Waals surface area contributed by atoms with E-state index in [2.05, 4.69) is 17.6 Å². The first kappa shape index (κ1) is 9.30. The maximum Gasteiger partial charge on any atom is 0.137 e. The number of hydrogen-bond acceptors (Lipinski definition) is 3. The Bertz CT molecular complexity index is 155. The summed E-state index contributed by atoms with van der Waals surface area (Å²) < 4.78 is 4.85. The minimum Gasteiger partial charge on any atom is -0.495 e. The lowest BCUT2D eigenvalue weighted by Crippen LogP contribution is -1.80. The standard InChI is InChI=1S/C6H7NO.CH4S/c1-8-6-3-2-4-7-5-6;1-2/h2-5H,1H3;2H,1H3. The van der Waals surface area contributed by atoms with Gasteiger partial charge in [0.1, 0.15) is 5.75 Å². The maximum absolute atomic E-state index is 4.85. The van der Waals surface area contributed by atoms with Crippen molar-refractivity contribution in [2.45, 2.75) is 0 Å². The van der Waals surface area contributed by atoms with Gasteiger partial charge in [-0.1, -0.05) is 0 Å². The Morgan fingerprint density at radius 1 is 1.50 bits per heavy atom. The highest BCUT2D eigenvalue weighted by molar-refractivity contribution is 7.79. The van der Waals surface area contributed by atoms with E-state index in [9.17, 15) is 0 Å². The lowest BCUT2D eigenvalue weighted by atomic mass is 10.5. The van der Waals surface area contributed by atoms with Crippen LogP contribution in [0.2, 0.25) is 0 Å². The van der Waals surface area contributed by atoms with Crippen LogP contribution in [0.1, 0.15) is 0 Å². The van der Waals surface area contributed by atoms with Gasteiger partial charge in [-0.3, -0.25) is 4.98 Å². The number of hydrogen-bond donors (Lipinski definition) is 1. The third kappa shape index (κ3) is 3.35. The molecule has 3 heteroatoms. The number of methoxy groups -OCH3 is 1. The van der Waals surface area contributed by atoms with Crippen molar-refractivity contribution < 1.29 is 4.74 Å². The first-order chi connectivity index (χ1) is 4.93. The Morgan fingerprint density at radius 2 is 2.20 bits per heavy atom. The molecular weight excluding hydrogens is 146 g/mol. The number of rotatable bonds is 1. The van der Waals surface area contributed by atoms with Crippen molar-refractivity contribution in [3.05, 3.63) is 24.5 Å². The molecule has 0 aromatic carbocycles. The Kier molecular flexibility index (Phi) is 5.97. The first-order valence-electron chi connectivity index (χ1n) is 2.82. The van der Waals surface area contributed by atoms with Gasteiger partial charge >= 0.3 is 0 Å². The van der Waals surface area contributed by atoms with E-state index >= 15 is 0 Å². The largest absolute Gasteiger partial charge is 0.495 e. The second-order valence-electron chi connectivity index (χ2n) is 1.39. The number of ether oxygens (including phenoxy) is 1. The molecule has 0 aliphatic rings. The number of pyridine rings is 1. The van der Waals surface area contributed by atoms with E-state index in [-0.39, 0.29) is 0 Å². The zero-order chi connectivity index (χ0) is 7.82. The molecule has 0 unspecified atom stereocenters. The quantitative estimate of drug-likeness (QED) is 0.626. The first-order valence-corrected chi connectivity index (χ1v) is 3.71. The summed E-state index contributed by atoms with van der Waals surface area (Å²) in [5.41, 5.74) is 0. The SMILES string of the molecule is COc1cccnc1.CS. The van der Waals surface area contributed by atoms with Crippen LogP contribution < -0.4 is 4.74 Å². The fourth-order valence-corrected chi connectivity index (χ4v) is 0.468. The molecule has 0 aliphatic heterocycles. The van der Waals surface area contributed by atoms with Crippen LogP contribution >= 0.6 is 12.6 Å². The van der Waals surface area contributed by atoms with Crippen LogP contribution in [0, 0.1) is 0 Å². The van der Waals surface area contributed by atoms with Gasteiger partial charge in [0, 0.05) is 6.20 Å². The molecule has 0 saturated carbocycles. The molecule has 0 amide bonds. The average Bonchev–Trinajstić information content (AvgIpc) is 2.10. The van der Waals surface area contributed by atoms with Gasteiger partial charge < -0.3 is 4.74 Å². The fourth-order valence-electron chi connectivity index (χ4n) is 0.468. The predicted molar refractivity (Wildman–Crippen MR) is 45.7 cm³/mol. The zero-order valence-electron chi connectivity index (χ0n) is 6.11. The molecule has 1 aromatic rings. The highest BCUT2D eigenvalue weighted by Crippen LogP contribution is 2.02. The minimum absolute atomic E-state index is 0.799. The van der Waals surface area contributed by atoms with Crippen LogP contribution in [-0.2, 0) is 0 Å². The van der Waals surface area contributed by atoms with Gasteiger partial charge in [-0.2, -0.15) is 12.6 Å². The van der Waals surface area contributed by atoms with Gasteiger partial charge in [0.15, 0.2) is 0 Å². The molecule has 0 atom stereocenters. The van der Waals surface area contributed by atoms with E-state index < -0.39 is 0 Å². The second-order valence-corrected chi connectivity index (χ2v) is 1.39. The van der Waals surface area contributed by atoms with Crippen LogP contribution in [0.3, 0.4) is 0 Å². The lowest BCUT2D eigenvalue weighted by molar-refractivity contribution is 0.413. The van der Waals surface area contributed by atoms with Crippen molar-refractivity contribution in [3.63, 3.8) is 0 Å². The van der Waals surface area contributed by atoms with E-state index in [0.717, 1.165) is 5.75 Å². The van der Waals surface area contributed by atoms with Gasteiger partial charge in [0.2, 0.25) is 0 Å². The zero-order valence-corrected chi connectivity index (χ0v) is 7.01. The molecule has 1 aromatic heterocycles. The van der Waals surface area contributed by atoms with Crippen LogP contribution in [0.15, 0.2) is 24.5 Å². The third-order valence-electron chi connectivity index (χ3n) is 0.870. The molecule has 0 bridgehead atoms.